The van der Waals surface area contributed by atoms with Gasteiger partial charge in [0.2, 0.25) is 0 Å². The van der Waals surface area contributed by atoms with Crippen LogP contribution >= 0.6 is 6.64 Å². The first kappa shape index (κ1) is 18.3. The Bertz CT molecular complexity index is 375. The van der Waals surface area contributed by atoms with Gasteiger partial charge in [-0.2, -0.15) is 0 Å². The summed E-state index contributed by atoms with van der Waals surface area (Å²) in [5.74, 6) is 0. The van der Waals surface area contributed by atoms with E-state index in [0.29, 0.717) is 22.4 Å². The minimum Gasteiger partial charge on any atom is -0.301 e. The van der Waals surface area contributed by atoms with Crippen LogP contribution in [0.25, 0.3) is 0 Å². The molecule has 5 heteroatoms. The van der Waals surface area contributed by atoms with Crippen molar-refractivity contribution in [2.24, 2.45) is 0 Å². The fourth-order valence-electron chi connectivity index (χ4n) is 6.02. The monoisotopic (exact) mass is 360 g/mol. The molecule has 3 aliphatic rings. The summed E-state index contributed by atoms with van der Waals surface area (Å²) >= 11 is 5.56. The fraction of sp³-hybridized carbons (Fsp3) is 1.00. The highest BCUT2D eigenvalue weighted by molar-refractivity contribution is 8.06. The first-order valence-electron chi connectivity index (χ1n) is 10.0. The molecule has 2 N–H and O–H groups in total. The molecule has 23 heavy (non-hydrogen) atoms. The minimum absolute atomic E-state index is 0.413. The molecule has 0 atom stereocenters. The first-order chi connectivity index (χ1) is 11.1. The third-order valence-electron chi connectivity index (χ3n) is 6.93. The minimum atomic E-state index is -3.34. The van der Waals surface area contributed by atoms with Crippen LogP contribution in [0.1, 0.15) is 96.3 Å². The summed E-state index contributed by atoms with van der Waals surface area (Å²) in [6, 6.07) is 1.24. The Kier molecular flexibility index (Phi) is 6.24. The standard InChI is InChI=1S/C18H34NO2PS/c20-22(21,23)19(16-10-4-1-5-11-16,17-12-6-2-7-13-17)18-14-8-3-9-15-18/h16-18H,1-15H2,(H-,20,21,23)/p+1. The normalized spacial score (nSPS) is 27.2. The maximum Gasteiger partial charge on any atom is 0.380 e. The van der Waals surface area contributed by atoms with Crippen LogP contribution in [0.5, 0.6) is 0 Å². The number of quaternary nitrogens is 1. The smallest absolute Gasteiger partial charge is 0.301 e. The van der Waals surface area contributed by atoms with E-state index in [9.17, 15) is 9.79 Å². The third-order valence-corrected chi connectivity index (χ3v) is 9.66. The van der Waals surface area contributed by atoms with Crippen molar-refractivity contribution in [2.75, 3.05) is 0 Å². The summed E-state index contributed by atoms with van der Waals surface area (Å²) in [6.45, 7) is -3.34. The number of hydrogen-bond acceptors (Lipinski definition) is 1. The van der Waals surface area contributed by atoms with Gasteiger partial charge in [0.15, 0.2) is 0 Å². The zero-order chi connectivity index (χ0) is 16.3. The highest BCUT2D eigenvalue weighted by Crippen LogP contribution is 2.61. The van der Waals surface area contributed by atoms with Crippen molar-refractivity contribution in [3.63, 3.8) is 0 Å². The molecule has 0 aliphatic heterocycles. The lowest BCUT2D eigenvalue weighted by atomic mass is 9.84. The van der Waals surface area contributed by atoms with E-state index in [1.165, 1.54) is 57.8 Å². The van der Waals surface area contributed by atoms with Crippen molar-refractivity contribution in [3.05, 3.63) is 0 Å². The van der Waals surface area contributed by atoms with Gasteiger partial charge in [-0.3, -0.25) is 4.25 Å². The van der Waals surface area contributed by atoms with E-state index in [1.807, 2.05) is 0 Å². The summed E-state index contributed by atoms with van der Waals surface area (Å²) in [5.41, 5.74) is 0. The topological polar surface area (TPSA) is 40.5 Å². The lowest BCUT2D eigenvalue weighted by Crippen LogP contribution is -2.65. The van der Waals surface area contributed by atoms with Crippen molar-refractivity contribution in [1.29, 1.82) is 0 Å². The summed E-state index contributed by atoms with van der Waals surface area (Å²) in [4.78, 5) is 22.1. The molecule has 134 valence electrons. The van der Waals surface area contributed by atoms with Gasteiger partial charge in [-0.25, -0.2) is 0 Å². The highest BCUT2D eigenvalue weighted by Gasteiger charge is 2.57. The van der Waals surface area contributed by atoms with Crippen LogP contribution in [0, 0.1) is 0 Å². The second-order valence-electron chi connectivity index (χ2n) is 8.18. The average molecular weight is 361 g/mol. The van der Waals surface area contributed by atoms with Gasteiger partial charge in [0.25, 0.3) is 0 Å². The fourth-order valence-corrected chi connectivity index (χ4v) is 9.19. The van der Waals surface area contributed by atoms with Crippen molar-refractivity contribution in [1.82, 2.24) is 0 Å². The maximum absolute atomic E-state index is 11.0. The number of nitrogens with zero attached hydrogens (tertiary/aromatic N) is 1. The molecule has 3 fully saturated rings. The summed E-state index contributed by atoms with van der Waals surface area (Å²) in [7, 11) is 0. The van der Waals surface area contributed by atoms with Gasteiger partial charge >= 0.3 is 6.64 Å². The lowest BCUT2D eigenvalue weighted by Gasteiger charge is -2.58. The molecule has 0 spiro atoms. The molecule has 0 unspecified atom stereocenters. The number of rotatable bonds is 4. The first-order valence-corrected chi connectivity index (χ1v) is 12.7. The Labute approximate surface area is 147 Å². The average Bonchev–Trinajstić information content (AvgIpc) is 2.57. The zero-order valence-corrected chi connectivity index (χ0v) is 16.2. The van der Waals surface area contributed by atoms with Gasteiger partial charge in [0, 0.05) is 11.8 Å². The summed E-state index contributed by atoms with van der Waals surface area (Å²) < 4.78 is 0.558. The van der Waals surface area contributed by atoms with E-state index < -0.39 is 6.64 Å². The van der Waals surface area contributed by atoms with Gasteiger partial charge in [0.1, 0.15) is 0 Å². The third kappa shape index (κ3) is 3.58. The van der Waals surface area contributed by atoms with Crippen LogP contribution in [0.4, 0.5) is 0 Å². The maximum atomic E-state index is 11.0. The Morgan fingerprint density at radius 3 is 1.04 bits per heavy atom. The molecular formula is C18H35NO2PS+. The molecule has 3 rings (SSSR count). The molecule has 0 saturated heterocycles. The lowest BCUT2D eigenvalue weighted by molar-refractivity contribution is -0.899. The van der Waals surface area contributed by atoms with Crippen molar-refractivity contribution in [3.8, 4) is 0 Å². The molecular weight excluding hydrogens is 325 g/mol. The van der Waals surface area contributed by atoms with Gasteiger partial charge in [-0.15, -0.1) is 0 Å². The van der Waals surface area contributed by atoms with Crippen LogP contribution in [0.3, 0.4) is 0 Å². The van der Waals surface area contributed by atoms with E-state index in [0.717, 1.165) is 38.5 Å². The van der Waals surface area contributed by atoms with E-state index in [1.54, 1.807) is 0 Å². The number of hydrogen-bond donors (Lipinski definition) is 2. The highest BCUT2D eigenvalue weighted by atomic mass is 32.5. The molecule has 3 saturated carbocycles. The van der Waals surface area contributed by atoms with Crippen LogP contribution in [0.2, 0.25) is 0 Å². The van der Waals surface area contributed by atoms with Crippen molar-refractivity contribution in [2.45, 2.75) is 114 Å². The van der Waals surface area contributed by atoms with Crippen LogP contribution in [0.15, 0.2) is 0 Å². The molecule has 0 bridgehead atoms. The van der Waals surface area contributed by atoms with Gasteiger partial charge in [-0.05, 0) is 77.0 Å². The summed E-state index contributed by atoms with van der Waals surface area (Å²) in [6.07, 6.45) is 18.4. The molecule has 0 heterocycles. The van der Waals surface area contributed by atoms with Gasteiger partial charge < -0.3 is 9.79 Å². The second kappa shape index (κ2) is 7.83. The largest absolute Gasteiger partial charge is 0.380 e. The molecule has 3 aliphatic carbocycles. The Morgan fingerprint density at radius 1 is 0.565 bits per heavy atom. The Hall–Kier alpha value is 0.530. The van der Waals surface area contributed by atoms with E-state index in [-0.39, 0.29) is 0 Å². The van der Waals surface area contributed by atoms with Crippen LogP contribution < -0.4 is 0 Å². The van der Waals surface area contributed by atoms with Crippen LogP contribution in [-0.2, 0) is 11.8 Å². The van der Waals surface area contributed by atoms with Crippen molar-refractivity contribution < 1.29 is 14.0 Å². The second-order valence-corrected chi connectivity index (χ2v) is 11.4. The summed E-state index contributed by atoms with van der Waals surface area (Å²) in [5, 5.41) is 0. The quantitative estimate of drug-likeness (QED) is 0.692. The predicted molar refractivity (Wildman–Crippen MR) is 99.6 cm³/mol. The Balaban J connectivity index is 2.01. The predicted octanol–water partition coefficient (Wildman–Crippen LogP) is 5.01. The van der Waals surface area contributed by atoms with Gasteiger partial charge in [0.05, 0.1) is 18.1 Å². The van der Waals surface area contributed by atoms with E-state index >= 15 is 0 Å². The molecule has 0 radical (unpaired) electrons. The molecule has 0 amide bonds. The molecule has 0 aromatic carbocycles. The Morgan fingerprint density at radius 2 is 0.826 bits per heavy atom. The molecule has 3 nitrogen and oxygen atoms in total. The van der Waals surface area contributed by atoms with E-state index in [2.05, 4.69) is 0 Å². The molecule has 0 aromatic rings. The van der Waals surface area contributed by atoms with Crippen molar-refractivity contribution >= 4 is 18.4 Å². The van der Waals surface area contributed by atoms with Crippen LogP contribution in [-0.4, -0.2) is 32.2 Å². The molecule has 0 aromatic heterocycles. The zero-order valence-electron chi connectivity index (χ0n) is 14.5. The SMILES string of the molecule is OP(O)(=S)[N+](C1CCCCC1)(C1CCCCC1)C1CCCCC1. The van der Waals surface area contributed by atoms with E-state index in [4.69, 9.17) is 11.8 Å². The van der Waals surface area contributed by atoms with Gasteiger partial charge in [-0.1, -0.05) is 19.3 Å².